The van der Waals surface area contributed by atoms with Crippen molar-refractivity contribution in [3.63, 3.8) is 0 Å². The maximum absolute atomic E-state index is 12.9. The highest BCUT2D eigenvalue weighted by atomic mass is 35.5. The van der Waals surface area contributed by atoms with Gasteiger partial charge in [0.25, 0.3) is 0 Å². The Balaban J connectivity index is 1.48. The number of hydrogen-bond acceptors (Lipinski definition) is 4. The van der Waals surface area contributed by atoms with Gasteiger partial charge in [-0.25, -0.2) is 8.42 Å². The van der Waals surface area contributed by atoms with E-state index in [1.54, 1.807) is 29.1 Å². The van der Waals surface area contributed by atoms with Crippen LogP contribution in [0.1, 0.15) is 0 Å². The number of aryl methyl sites for hydroxylation is 1. The molecule has 4 rings (SSSR count). The zero-order chi connectivity index (χ0) is 19.0. The molecule has 140 valence electrons. The SMILES string of the molecule is Cn1cc(-c2ccc(S(=O)(=O)N3CC(Oc4ccccc4)C3)c(Cl)c2)cn1. The van der Waals surface area contributed by atoms with Gasteiger partial charge in [0, 0.05) is 18.8 Å². The van der Waals surface area contributed by atoms with Crippen molar-refractivity contribution in [2.45, 2.75) is 11.0 Å². The normalized spacial score (nSPS) is 15.5. The minimum atomic E-state index is -3.65. The van der Waals surface area contributed by atoms with Gasteiger partial charge in [0.05, 0.1) is 24.3 Å². The standard InChI is InChI=1S/C19H18ClN3O3S/c1-22-11-15(10-21-22)14-7-8-19(18(20)9-14)27(24,25)23-12-17(13-23)26-16-5-3-2-4-6-16/h2-11,17H,12-13H2,1H3. The molecule has 2 aromatic carbocycles. The lowest BCUT2D eigenvalue weighted by Gasteiger charge is -2.37. The number of rotatable bonds is 5. The predicted molar refractivity (Wildman–Crippen MR) is 103 cm³/mol. The molecular weight excluding hydrogens is 386 g/mol. The van der Waals surface area contributed by atoms with E-state index in [2.05, 4.69) is 5.10 Å². The summed E-state index contributed by atoms with van der Waals surface area (Å²) in [6.07, 6.45) is 3.40. The number of ether oxygens (including phenoxy) is 1. The number of halogens is 1. The molecule has 0 aliphatic carbocycles. The van der Waals surface area contributed by atoms with Gasteiger partial charge < -0.3 is 4.74 Å². The lowest BCUT2D eigenvalue weighted by Crippen LogP contribution is -2.55. The Bertz CT molecular complexity index is 1060. The summed E-state index contributed by atoms with van der Waals surface area (Å²) >= 11 is 6.30. The average molecular weight is 404 g/mol. The van der Waals surface area contributed by atoms with Gasteiger partial charge in [0.1, 0.15) is 16.7 Å². The lowest BCUT2D eigenvalue weighted by molar-refractivity contribution is 0.0762. The van der Waals surface area contributed by atoms with Crippen LogP contribution in [0.4, 0.5) is 0 Å². The van der Waals surface area contributed by atoms with Crippen molar-refractivity contribution in [3.8, 4) is 16.9 Å². The maximum Gasteiger partial charge on any atom is 0.244 e. The third-order valence-corrected chi connectivity index (χ3v) is 6.76. The van der Waals surface area contributed by atoms with Crippen molar-refractivity contribution in [1.82, 2.24) is 14.1 Å². The fourth-order valence-electron chi connectivity index (χ4n) is 2.96. The third-order valence-electron chi connectivity index (χ3n) is 4.45. The molecule has 1 fully saturated rings. The first-order valence-electron chi connectivity index (χ1n) is 8.44. The molecule has 0 atom stereocenters. The Hall–Kier alpha value is -2.35. The van der Waals surface area contributed by atoms with Crippen LogP contribution in [-0.4, -0.2) is 41.7 Å². The zero-order valence-electron chi connectivity index (χ0n) is 14.6. The van der Waals surface area contributed by atoms with Gasteiger partial charge in [-0.2, -0.15) is 9.40 Å². The second kappa shape index (κ2) is 6.99. The number of para-hydroxylation sites is 1. The Kier molecular flexibility index (Phi) is 4.67. The van der Waals surface area contributed by atoms with E-state index in [1.165, 1.54) is 4.31 Å². The molecule has 0 spiro atoms. The van der Waals surface area contributed by atoms with Crippen LogP contribution in [0.25, 0.3) is 11.1 Å². The van der Waals surface area contributed by atoms with Crippen LogP contribution in [-0.2, 0) is 17.1 Å². The highest BCUT2D eigenvalue weighted by Gasteiger charge is 2.39. The van der Waals surface area contributed by atoms with E-state index in [-0.39, 0.29) is 16.0 Å². The van der Waals surface area contributed by atoms with Crippen molar-refractivity contribution < 1.29 is 13.2 Å². The zero-order valence-corrected chi connectivity index (χ0v) is 16.2. The first kappa shape index (κ1) is 18.0. The molecule has 2 heterocycles. The first-order valence-corrected chi connectivity index (χ1v) is 10.3. The molecule has 0 saturated carbocycles. The van der Waals surface area contributed by atoms with E-state index >= 15 is 0 Å². The van der Waals surface area contributed by atoms with Gasteiger partial charge in [-0.05, 0) is 29.8 Å². The van der Waals surface area contributed by atoms with Crippen LogP contribution in [0, 0.1) is 0 Å². The Morgan fingerprint density at radius 3 is 2.48 bits per heavy atom. The fraction of sp³-hybridized carbons (Fsp3) is 0.211. The molecule has 8 heteroatoms. The molecule has 3 aromatic rings. The Labute approximate surface area is 163 Å². The van der Waals surface area contributed by atoms with Crippen molar-refractivity contribution >= 4 is 21.6 Å². The predicted octanol–water partition coefficient (Wildman–Crippen LogP) is 3.19. The summed E-state index contributed by atoms with van der Waals surface area (Å²) in [6.45, 7) is 0.607. The van der Waals surface area contributed by atoms with Gasteiger partial charge in [-0.15, -0.1) is 0 Å². The molecule has 6 nitrogen and oxygen atoms in total. The number of benzene rings is 2. The lowest BCUT2D eigenvalue weighted by atomic mass is 10.1. The largest absolute Gasteiger partial charge is 0.488 e. The Morgan fingerprint density at radius 1 is 1.11 bits per heavy atom. The monoisotopic (exact) mass is 403 g/mol. The van der Waals surface area contributed by atoms with E-state index in [1.807, 2.05) is 43.6 Å². The van der Waals surface area contributed by atoms with Gasteiger partial charge in [0.2, 0.25) is 10.0 Å². The summed E-state index contributed by atoms with van der Waals surface area (Å²) in [5, 5.41) is 4.32. The van der Waals surface area contributed by atoms with Gasteiger partial charge in [0.15, 0.2) is 0 Å². The molecule has 1 aromatic heterocycles. The van der Waals surface area contributed by atoms with Gasteiger partial charge in [-0.3, -0.25) is 4.68 Å². The molecule has 0 radical (unpaired) electrons. The van der Waals surface area contributed by atoms with Crippen LogP contribution < -0.4 is 4.74 Å². The molecule has 0 bridgehead atoms. The van der Waals surface area contributed by atoms with Gasteiger partial charge >= 0.3 is 0 Å². The number of sulfonamides is 1. The van der Waals surface area contributed by atoms with E-state index < -0.39 is 10.0 Å². The summed E-state index contributed by atoms with van der Waals surface area (Å²) in [6, 6.07) is 14.3. The summed E-state index contributed by atoms with van der Waals surface area (Å²) < 4.78 is 34.5. The molecule has 1 saturated heterocycles. The van der Waals surface area contributed by atoms with Crippen LogP contribution in [0.5, 0.6) is 5.75 Å². The average Bonchev–Trinajstić information content (AvgIpc) is 3.04. The van der Waals surface area contributed by atoms with E-state index in [9.17, 15) is 8.42 Å². The van der Waals surface area contributed by atoms with Crippen molar-refractivity contribution in [3.05, 3.63) is 65.9 Å². The van der Waals surface area contributed by atoms with Crippen molar-refractivity contribution in [2.24, 2.45) is 7.05 Å². The molecule has 0 amide bonds. The smallest absolute Gasteiger partial charge is 0.244 e. The molecule has 0 unspecified atom stereocenters. The Morgan fingerprint density at radius 2 is 1.85 bits per heavy atom. The van der Waals surface area contributed by atoms with Crippen LogP contribution in [0.15, 0.2) is 65.8 Å². The highest BCUT2D eigenvalue weighted by Crippen LogP contribution is 2.32. The second-order valence-electron chi connectivity index (χ2n) is 6.42. The highest BCUT2D eigenvalue weighted by molar-refractivity contribution is 7.89. The molecule has 0 N–H and O–H groups in total. The molecule has 1 aliphatic heterocycles. The van der Waals surface area contributed by atoms with Crippen LogP contribution >= 0.6 is 11.6 Å². The number of aromatic nitrogens is 2. The molecule has 27 heavy (non-hydrogen) atoms. The topological polar surface area (TPSA) is 64.4 Å². The van der Waals surface area contributed by atoms with E-state index in [4.69, 9.17) is 16.3 Å². The third kappa shape index (κ3) is 3.58. The summed E-state index contributed by atoms with van der Waals surface area (Å²) in [4.78, 5) is 0.106. The minimum Gasteiger partial charge on any atom is -0.488 e. The summed E-state index contributed by atoms with van der Waals surface area (Å²) in [5.41, 5.74) is 1.70. The summed E-state index contributed by atoms with van der Waals surface area (Å²) in [7, 11) is -1.83. The number of nitrogens with zero attached hydrogens (tertiary/aromatic N) is 3. The van der Waals surface area contributed by atoms with E-state index in [0.29, 0.717) is 13.1 Å². The van der Waals surface area contributed by atoms with Crippen LogP contribution in [0.2, 0.25) is 5.02 Å². The first-order chi connectivity index (χ1) is 12.9. The molecule has 1 aliphatic rings. The van der Waals surface area contributed by atoms with E-state index in [0.717, 1.165) is 16.9 Å². The van der Waals surface area contributed by atoms with Crippen molar-refractivity contribution in [1.29, 1.82) is 0 Å². The van der Waals surface area contributed by atoms with Gasteiger partial charge in [-0.1, -0.05) is 35.9 Å². The maximum atomic E-state index is 12.9. The van der Waals surface area contributed by atoms with Crippen LogP contribution in [0.3, 0.4) is 0 Å². The molecular formula is C19H18ClN3O3S. The van der Waals surface area contributed by atoms with Crippen molar-refractivity contribution in [2.75, 3.05) is 13.1 Å². The number of hydrogen-bond donors (Lipinski definition) is 0. The minimum absolute atomic E-state index is 0.106. The quantitative estimate of drug-likeness (QED) is 0.656. The fourth-order valence-corrected chi connectivity index (χ4v) is 4.98. The second-order valence-corrected chi connectivity index (χ2v) is 8.74. The summed E-state index contributed by atoms with van der Waals surface area (Å²) in [5.74, 6) is 0.735.